The zero-order chi connectivity index (χ0) is 13.2. The lowest BCUT2D eigenvalue weighted by Crippen LogP contribution is -2.37. The fourth-order valence-electron chi connectivity index (χ4n) is 2.78. The van der Waals surface area contributed by atoms with Crippen LogP contribution in [0.1, 0.15) is 31.9 Å². The highest BCUT2D eigenvalue weighted by Gasteiger charge is 2.18. The quantitative estimate of drug-likeness (QED) is 0.826. The smallest absolute Gasteiger partial charge is 0.258 e. The molecule has 1 atom stereocenters. The van der Waals surface area contributed by atoms with Gasteiger partial charge < -0.3 is 0 Å². The lowest BCUT2D eigenvalue weighted by atomic mass is 10.0. The first-order valence-corrected chi connectivity index (χ1v) is 6.95. The summed E-state index contributed by atoms with van der Waals surface area (Å²) in [5.41, 5.74) is 1.62. The van der Waals surface area contributed by atoms with Crippen LogP contribution >= 0.6 is 0 Å². The number of hydrogen-bond donors (Lipinski definition) is 0. The van der Waals surface area contributed by atoms with Crippen LogP contribution in [0.3, 0.4) is 0 Å². The van der Waals surface area contributed by atoms with Crippen LogP contribution < -0.4 is 5.56 Å². The summed E-state index contributed by atoms with van der Waals surface area (Å²) in [5.74, 6) is 0. The summed E-state index contributed by atoms with van der Waals surface area (Å²) in [6.07, 6.45) is 5.56. The summed E-state index contributed by atoms with van der Waals surface area (Å²) < 4.78 is 1.59. The van der Waals surface area contributed by atoms with Crippen molar-refractivity contribution in [3.05, 3.63) is 46.5 Å². The molecule has 1 saturated heterocycles. The van der Waals surface area contributed by atoms with Crippen LogP contribution in [-0.2, 0) is 6.54 Å². The van der Waals surface area contributed by atoms with E-state index in [9.17, 15) is 4.79 Å². The topological polar surface area (TPSA) is 37.6 Å². The van der Waals surface area contributed by atoms with Crippen molar-refractivity contribution in [2.75, 3.05) is 6.54 Å². The minimum Gasteiger partial charge on any atom is -0.295 e. The maximum absolute atomic E-state index is 12.0. The molecule has 1 fully saturated rings. The van der Waals surface area contributed by atoms with E-state index in [1.807, 2.05) is 18.2 Å². The van der Waals surface area contributed by atoms with Crippen molar-refractivity contribution >= 4 is 5.65 Å². The van der Waals surface area contributed by atoms with Gasteiger partial charge in [0.05, 0.1) is 5.69 Å². The SMILES string of the molecule is CC1CCCCN1Cc1cc(=O)n2ccccc2n1. The number of nitrogens with zero attached hydrogens (tertiary/aromatic N) is 3. The van der Waals surface area contributed by atoms with E-state index < -0.39 is 0 Å². The van der Waals surface area contributed by atoms with Gasteiger partial charge in [0.2, 0.25) is 0 Å². The van der Waals surface area contributed by atoms with Gasteiger partial charge in [0.1, 0.15) is 5.65 Å². The first-order chi connectivity index (χ1) is 9.24. The van der Waals surface area contributed by atoms with Crippen molar-refractivity contribution in [3.8, 4) is 0 Å². The molecule has 0 radical (unpaired) electrons. The van der Waals surface area contributed by atoms with Crippen LogP contribution in [0, 0.1) is 0 Å². The number of likely N-dealkylation sites (tertiary alicyclic amines) is 1. The van der Waals surface area contributed by atoms with Crippen LogP contribution in [0.4, 0.5) is 0 Å². The molecule has 0 saturated carbocycles. The highest BCUT2D eigenvalue weighted by molar-refractivity contribution is 5.37. The standard InChI is InChI=1S/C15H19N3O/c1-12-6-2-4-8-17(12)11-13-10-15(19)18-9-5-3-7-14(18)16-13/h3,5,7,9-10,12H,2,4,6,8,11H2,1H3. The van der Waals surface area contributed by atoms with Gasteiger partial charge in [-0.1, -0.05) is 12.5 Å². The van der Waals surface area contributed by atoms with Gasteiger partial charge in [0, 0.05) is 24.8 Å². The first-order valence-electron chi connectivity index (χ1n) is 6.95. The Morgan fingerprint density at radius 3 is 3.11 bits per heavy atom. The minimum absolute atomic E-state index is 0.00487. The zero-order valence-corrected chi connectivity index (χ0v) is 11.2. The summed E-state index contributed by atoms with van der Waals surface area (Å²) in [6.45, 7) is 4.14. The monoisotopic (exact) mass is 257 g/mol. The highest BCUT2D eigenvalue weighted by Crippen LogP contribution is 2.18. The zero-order valence-electron chi connectivity index (χ0n) is 11.2. The van der Waals surface area contributed by atoms with Crippen LogP contribution in [0.5, 0.6) is 0 Å². The Kier molecular flexibility index (Phi) is 3.34. The van der Waals surface area contributed by atoms with Crippen molar-refractivity contribution in [2.24, 2.45) is 0 Å². The van der Waals surface area contributed by atoms with Gasteiger partial charge >= 0.3 is 0 Å². The van der Waals surface area contributed by atoms with Gasteiger partial charge in [-0.3, -0.25) is 14.1 Å². The van der Waals surface area contributed by atoms with Gasteiger partial charge in [-0.05, 0) is 38.4 Å². The highest BCUT2D eigenvalue weighted by atomic mass is 16.1. The molecule has 100 valence electrons. The molecular weight excluding hydrogens is 238 g/mol. The molecule has 3 heterocycles. The van der Waals surface area contributed by atoms with Crippen LogP contribution in [0.2, 0.25) is 0 Å². The number of piperidine rings is 1. The molecule has 2 aromatic rings. The van der Waals surface area contributed by atoms with Gasteiger partial charge in [-0.2, -0.15) is 0 Å². The fourth-order valence-corrected chi connectivity index (χ4v) is 2.78. The molecule has 3 rings (SSSR count). The predicted octanol–water partition coefficient (Wildman–Crippen LogP) is 2.07. The van der Waals surface area contributed by atoms with Crippen molar-refractivity contribution in [1.29, 1.82) is 0 Å². The molecule has 1 aliphatic heterocycles. The lowest BCUT2D eigenvalue weighted by molar-refractivity contribution is 0.151. The van der Waals surface area contributed by atoms with Crippen molar-refractivity contribution in [3.63, 3.8) is 0 Å². The summed E-state index contributed by atoms with van der Waals surface area (Å²) in [7, 11) is 0. The molecule has 0 bridgehead atoms. The van der Waals surface area contributed by atoms with Gasteiger partial charge in [0.15, 0.2) is 0 Å². The number of rotatable bonds is 2. The van der Waals surface area contributed by atoms with E-state index in [4.69, 9.17) is 0 Å². The summed E-state index contributed by atoms with van der Waals surface area (Å²) >= 11 is 0. The molecule has 0 spiro atoms. The van der Waals surface area contributed by atoms with Gasteiger partial charge in [0.25, 0.3) is 5.56 Å². The van der Waals surface area contributed by atoms with Crippen LogP contribution in [0.15, 0.2) is 35.3 Å². The Hall–Kier alpha value is -1.68. The van der Waals surface area contributed by atoms with Gasteiger partial charge in [-0.25, -0.2) is 4.98 Å². The molecule has 0 aliphatic carbocycles. The van der Waals surface area contributed by atoms with Crippen molar-refractivity contribution in [1.82, 2.24) is 14.3 Å². The largest absolute Gasteiger partial charge is 0.295 e. The average molecular weight is 257 g/mol. The van der Waals surface area contributed by atoms with E-state index >= 15 is 0 Å². The Bertz CT molecular complexity index is 635. The third-order valence-corrected chi connectivity index (χ3v) is 3.93. The first kappa shape index (κ1) is 12.4. The van der Waals surface area contributed by atoms with Gasteiger partial charge in [-0.15, -0.1) is 0 Å². The maximum Gasteiger partial charge on any atom is 0.258 e. The number of hydrogen-bond acceptors (Lipinski definition) is 3. The van der Waals surface area contributed by atoms with Crippen molar-refractivity contribution < 1.29 is 0 Å². The van der Waals surface area contributed by atoms with E-state index in [-0.39, 0.29) is 5.56 Å². The summed E-state index contributed by atoms with van der Waals surface area (Å²) in [6, 6.07) is 7.89. The van der Waals surface area contributed by atoms with E-state index in [1.165, 1.54) is 19.3 Å². The van der Waals surface area contributed by atoms with Crippen molar-refractivity contribution in [2.45, 2.75) is 38.8 Å². The molecule has 1 aliphatic rings. The number of pyridine rings is 1. The maximum atomic E-state index is 12.0. The molecule has 19 heavy (non-hydrogen) atoms. The molecule has 4 heteroatoms. The number of aromatic nitrogens is 2. The second kappa shape index (κ2) is 5.13. The number of fused-ring (bicyclic) bond motifs is 1. The molecule has 0 aromatic carbocycles. The predicted molar refractivity (Wildman–Crippen MR) is 75.2 cm³/mol. The molecule has 0 amide bonds. The Labute approximate surface area is 112 Å². The van der Waals surface area contributed by atoms with E-state index in [1.54, 1.807) is 16.7 Å². The molecular formula is C15H19N3O. The lowest BCUT2D eigenvalue weighted by Gasteiger charge is -2.32. The second-order valence-corrected chi connectivity index (χ2v) is 5.33. The summed E-state index contributed by atoms with van der Waals surface area (Å²) in [4.78, 5) is 19.0. The Morgan fingerprint density at radius 2 is 2.26 bits per heavy atom. The molecule has 4 nitrogen and oxygen atoms in total. The van der Waals surface area contributed by atoms with E-state index in [2.05, 4.69) is 16.8 Å². The molecule has 2 aromatic heterocycles. The Morgan fingerprint density at radius 1 is 1.37 bits per heavy atom. The van der Waals surface area contributed by atoms with E-state index in [0.717, 1.165) is 24.4 Å². The average Bonchev–Trinajstić information content (AvgIpc) is 2.42. The third kappa shape index (κ3) is 2.54. The van der Waals surface area contributed by atoms with Crippen LogP contribution in [0.25, 0.3) is 5.65 Å². The minimum atomic E-state index is 0.00487. The Balaban J connectivity index is 1.91. The summed E-state index contributed by atoms with van der Waals surface area (Å²) in [5, 5.41) is 0. The van der Waals surface area contributed by atoms with Crippen LogP contribution in [-0.4, -0.2) is 26.9 Å². The van der Waals surface area contributed by atoms with E-state index in [0.29, 0.717) is 6.04 Å². The fraction of sp³-hybridized carbons (Fsp3) is 0.467. The molecule has 1 unspecified atom stereocenters. The third-order valence-electron chi connectivity index (χ3n) is 3.93. The normalized spacial score (nSPS) is 20.8. The second-order valence-electron chi connectivity index (χ2n) is 5.33. The molecule has 0 N–H and O–H groups in total.